The molecule has 13 heteroatoms. The molecule has 0 amide bonds. The summed E-state index contributed by atoms with van der Waals surface area (Å²) in [5.41, 5.74) is 2.38. The highest BCUT2D eigenvalue weighted by Gasteiger charge is 2.31. The van der Waals surface area contributed by atoms with Crippen LogP contribution in [0, 0.1) is 11.3 Å². The number of rotatable bonds is 7. The van der Waals surface area contributed by atoms with E-state index in [1.54, 1.807) is 24.3 Å². The van der Waals surface area contributed by atoms with Crippen LogP contribution >= 0.6 is 23.2 Å². The number of nitrogens with one attached hydrogen (secondary N) is 2. The van der Waals surface area contributed by atoms with Gasteiger partial charge in [0.25, 0.3) is 0 Å². The number of benzene rings is 3. The lowest BCUT2D eigenvalue weighted by Crippen LogP contribution is -2.46. The summed E-state index contributed by atoms with van der Waals surface area (Å²) in [4.78, 5) is 6.86. The van der Waals surface area contributed by atoms with Crippen molar-refractivity contribution in [3.63, 3.8) is 0 Å². The lowest BCUT2D eigenvalue weighted by Gasteiger charge is -2.40. The number of hydrogen-bond donors (Lipinski definition) is 2. The van der Waals surface area contributed by atoms with Gasteiger partial charge in [0.05, 0.1) is 45.6 Å². The predicted molar refractivity (Wildman–Crippen MR) is 183 cm³/mol. The summed E-state index contributed by atoms with van der Waals surface area (Å²) >= 11 is 13.0. The van der Waals surface area contributed by atoms with Gasteiger partial charge in [0.2, 0.25) is 0 Å². The van der Waals surface area contributed by atoms with Crippen LogP contribution in [-0.4, -0.2) is 43.5 Å². The molecule has 1 aliphatic rings. The molecule has 6 rings (SSSR count). The van der Waals surface area contributed by atoms with Gasteiger partial charge in [-0.05, 0) is 81.6 Å². The largest absolute Gasteiger partial charge is 0.416 e. The molecule has 48 heavy (non-hydrogen) atoms. The van der Waals surface area contributed by atoms with Gasteiger partial charge in [0.1, 0.15) is 11.8 Å². The number of anilines is 3. The molecule has 1 fully saturated rings. The van der Waals surface area contributed by atoms with E-state index in [1.807, 2.05) is 23.0 Å². The standard InChI is InChI=1S/C35H33Cl2F3N8/c1-34(2,3)47-13-11-27(12-14-47)48-20-30(45-46-48)32(21-7-9-24(36)10-8-21)44-26-16-28-31(22(18-41)19-42-33(28)29(37)17-26)43-25-6-4-5-23(15-25)35(38,39)40/h4-10,15-17,19-20,27,32,44H,11-14H2,1-3H3,(H,42,43)/t32-/m0/s1. The normalized spacial score (nSPS) is 15.3. The number of aromatic nitrogens is 4. The molecule has 0 unspecified atom stereocenters. The predicted octanol–water partition coefficient (Wildman–Crippen LogP) is 9.40. The maximum absolute atomic E-state index is 13.5. The first kappa shape index (κ1) is 33.5. The van der Waals surface area contributed by atoms with Gasteiger partial charge in [-0.1, -0.05) is 46.6 Å². The summed E-state index contributed by atoms with van der Waals surface area (Å²) < 4.78 is 42.3. The number of halogens is 5. The lowest BCUT2D eigenvalue weighted by molar-refractivity contribution is -0.137. The van der Waals surface area contributed by atoms with Crippen LogP contribution in [0.4, 0.5) is 30.2 Å². The van der Waals surface area contributed by atoms with Crippen molar-refractivity contribution in [1.29, 1.82) is 5.26 Å². The molecule has 0 aliphatic carbocycles. The fourth-order valence-electron chi connectivity index (χ4n) is 6.03. The van der Waals surface area contributed by atoms with Crippen LogP contribution in [0.5, 0.6) is 0 Å². The third-order valence-corrected chi connectivity index (χ3v) is 9.17. The molecule has 1 aliphatic heterocycles. The average molecular weight is 694 g/mol. The first-order valence-electron chi connectivity index (χ1n) is 15.5. The van der Waals surface area contributed by atoms with Crippen molar-refractivity contribution in [3.8, 4) is 6.07 Å². The second kappa shape index (κ2) is 13.3. The van der Waals surface area contributed by atoms with Crippen molar-refractivity contribution in [2.24, 2.45) is 0 Å². The van der Waals surface area contributed by atoms with Gasteiger partial charge in [0.15, 0.2) is 0 Å². The molecular weight excluding hydrogens is 660 g/mol. The van der Waals surface area contributed by atoms with Gasteiger partial charge in [-0.2, -0.15) is 18.4 Å². The van der Waals surface area contributed by atoms with Crippen LogP contribution in [0.2, 0.25) is 10.0 Å². The SMILES string of the molecule is CC(C)(C)N1CCC(n2cc([C@@H](Nc3cc(Cl)c4ncc(C#N)c(Nc5cccc(C(F)(F)F)c5)c4c3)c3ccc(Cl)cc3)nn2)CC1. The molecule has 3 aromatic carbocycles. The molecule has 248 valence electrons. The number of piperidine rings is 1. The van der Waals surface area contributed by atoms with Crippen molar-refractivity contribution in [3.05, 3.63) is 105 Å². The monoisotopic (exact) mass is 692 g/mol. The Morgan fingerprint density at radius 3 is 2.38 bits per heavy atom. The molecule has 8 nitrogen and oxygen atoms in total. The summed E-state index contributed by atoms with van der Waals surface area (Å²) in [6, 6.07) is 17.5. The molecule has 2 aromatic heterocycles. The minimum Gasteiger partial charge on any atom is -0.373 e. The van der Waals surface area contributed by atoms with E-state index >= 15 is 0 Å². The fraction of sp³-hybridized carbons (Fsp3) is 0.314. The average Bonchev–Trinajstić information content (AvgIpc) is 3.54. The number of likely N-dealkylation sites (tertiary alicyclic amines) is 1. The molecule has 2 N–H and O–H groups in total. The minimum atomic E-state index is -4.53. The van der Waals surface area contributed by atoms with Crippen LogP contribution in [0.3, 0.4) is 0 Å². The zero-order chi connectivity index (χ0) is 34.2. The maximum atomic E-state index is 13.5. The van der Waals surface area contributed by atoms with E-state index in [0.717, 1.165) is 43.6 Å². The van der Waals surface area contributed by atoms with Gasteiger partial charge < -0.3 is 10.6 Å². The first-order valence-corrected chi connectivity index (χ1v) is 16.2. The summed E-state index contributed by atoms with van der Waals surface area (Å²) in [6.07, 6.45) is 0.684. The molecule has 5 aromatic rings. The summed E-state index contributed by atoms with van der Waals surface area (Å²) in [5, 5.41) is 26.9. The highest BCUT2D eigenvalue weighted by Crippen LogP contribution is 2.38. The number of nitriles is 1. The lowest BCUT2D eigenvalue weighted by atomic mass is 9.98. The number of pyridine rings is 1. The second-order valence-electron chi connectivity index (χ2n) is 12.9. The smallest absolute Gasteiger partial charge is 0.373 e. The first-order chi connectivity index (χ1) is 22.8. The van der Waals surface area contributed by atoms with Gasteiger partial charge >= 0.3 is 6.18 Å². The Balaban J connectivity index is 1.36. The van der Waals surface area contributed by atoms with E-state index in [1.165, 1.54) is 18.3 Å². The Morgan fingerprint density at radius 1 is 0.979 bits per heavy atom. The molecule has 1 atom stereocenters. The second-order valence-corrected chi connectivity index (χ2v) is 13.7. The third kappa shape index (κ3) is 7.21. The molecule has 0 saturated carbocycles. The maximum Gasteiger partial charge on any atom is 0.416 e. The summed E-state index contributed by atoms with van der Waals surface area (Å²) in [7, 11) is 0. The van der Waals surface area contributed by atoms with Crippen LogP contribution in [0.25, 0.3) is 10.9 Å². The minimum absolute atomic E-state index is 0.106. The molecule has 3 heterocycles. The highest BCUT2D eigenvalue weighted by atomic mass is 35.5. The van der Waals surface area contributed by atoms with Crippen LogP contribution in [-0.2, 0) is 6.18 Å². The Morgan fingerprint density at radius 2 is 1.71 bits per heavy atom. The fourth-order valence-corrected chi connectivity index (χ4v) is 6.43. The van der Waals surface area contributed by atoms with Crippen LogP contribution < -0.4 is 10.6 Å². The van der Waals surface area contributed by atoms with Crippen LogP contribution in [0.1, 0.15) is 68.1 Å². The van der Waals surface area contributed by atoms with Gasteiger partial charge in [-0.15, -0.1) is 5.10 Å². The molecule has 0 spiro atoms. The Hall–Kier alpha value is -4.37. The number of fused-ring (bicyclic) bond motifs is 1. The molecular formula is C35H33Cl2F3N8. The molecule has 0 radical (unpaired) electrons. The van der Waals surface area contributed by atoms with E-state index in [-0.39, 0.29) is 33.5 Å². The zero-order valence-electron chi connectivity index (χ0n) is 26.5. The number of hydrogen-bond acceptors (Lipinski definition) is 7. The van der Waals surface area contributed by atoms with E-state index in [9.17, 15) is 18.4 Å². The topological polar surface area (TPSA) is 94.7 Å². The Kier molecular flexibility index (Phi) is 9.27. The number of alkyl halides is 3. The van der Waals surface area contributed by atoms with Gasteiger partial charge in [-0.25, -0.2) is 4.68 Å². The van der Waals surface area contributed by atoms with Crippen molar-refractivity contribution >= 4 is 51.2 Å². The summed E-state index contributed by atoms with van der Waals surface area (Å²) in [5.74, 6) is 0. The van der Waals surface area contributed by atoms with Crippen molar-refractivity contribution < 1.29 is 13.2 Å². The van der Waals surface area contributed by atoms with Gasteiger partial charge in [0, 0.05) is 46.6 Å². The van der Waals surface area contributed by atoms with E-state index < -0.39 is 17.8 Å². The van der Waals surface area contributed by atoms with Gasteiger partial charge in [-0.3, -0.25) is 9.88 Å². The highest BCUT2D eigenvalue weighted by molar-refractivity contribution is 6.36. The quantitative estimate of drug-likeness (QED) is 0.175. The zero-order valence-corrected chi connectivity index (χ0v) is 28.0. The molecule has 1 saturated heterocycles. The molecule has 0 bridgehead atoms. The van der Waals surface area contributed by atoms with Crippen LogP contribution in [0.15, 0.2) is 73.1 Å². The van der Waals surface area contributed by atoms with Crippen molar-refractivity contribution in [2.45, 2.75) is 57.4 Å². The van der Waals surface area contributed by atoms with Crippen molar-refractivity contribution in [1.82, 2.24) is 24.9 Å². The van der Waals surface area contributed by atoms with Crippen molar-refractivity contribution in [2.75, 3.05) is 23.7 Å². The number of nitrogens with zero attached hydrogens (tertiary/aromatic N) is 6. The van der Waals surface area contributed by atoms with E-state index in [0.29, 0.717) is 27.3 Å². The third-order valence-electron chi connectivity index (χ3n) is 8.63. The Labute approximate surface area is 286 Å². The van der Waals surface area contributed by atoms with E-state index in [2.05, 4.69) is 57.7 Å². The van der Waals surface area contributed by atoms with E-state index in [4.69, 9.17) is 23.2 Å². The Bertz CT molecular complexity index is 1970. The summed E-state index contributed by atoms with van der Waals surface area (Å²) in [6.45, 7) is 8.61.